The number of nitrogens with zero attached hydrogens (tertiary/aromatic N) is 6. The van der Waals surface area contributed by atoms with Gasteiger partial charge in [-0.05, 0) is 18.2 Å². The first kappa shape index (κ1) is 16.6. The van der Waals surface area contributed by atoms with Gasteiger partial charge in [-0.1, -0.05) is 6.07 Å². The first-order chi connectivity index (χ1) is 14.8. The van der Waals surface area contributed by atoms with E-state index in [1.807, 2.05) is 56.4 Å². The third kappa shape index (κ3) is 2.58. The monoisotopic (exact) mass is 392 g/mol. The standard InChI is InChI=1S/C22H16N8/c1-30-12-15(9-26-30)14-5-17-21(28-29-22(17)25-8-14)19-6-16-18(10-24-11-20(16)27-19)13-3-2-4-23-7-13/h2-12,27H,1H3,(H,25,28,29). The second-order valence-electron chi connectivity index (χ2n) is 7.17. The zero-order chi connectivity index (χ0) is 20.1. The Morgan fingerprint density at radius 1 is 0.900 bits per heavy atom. The van der Waals surface area contributed by atoms with Gasteiger partial charge < -0.3 is 4.98 Å². The second kappa shape index (κ2) is 6.35. The Morgan fingerprint density at radius 2 is 1.87 bits per heavy atom. The minimum absolute atomic E-state index is 0.738. The van der Waals surface area contributed by atoms with E-state index in [-0.39, 0.29) is 0 Å². The number of aryl methyl sites for hydroxylation is 1. The molecule has 0 aliphatic heterocycles. The van der Waals surface area contributed by atoms with Crippen molar-refractivity contribution in [2.45, 2.75) is 0 Å². The predicted octanol–water partition coefficient (Wildman–Crippen LogP) is 3.96. The minimum atomic E-state index is 0.738. The molecule has 0 radical (unpaired) electrons. The highest BCUT2D eigenvalue weighted by Crippen LogP contribution is 2.33. The number of hydrogen-bond acceptors (Lipinski definition) is 5. The molecule has 0 aromatic carbocycles. The summed E-state index contributed by atoms with van der Waals surface area (Å²) >= 11 is 0. The van der Waals surface area contributed by atoms with E-state index >= 15 is 0 Å². The van der Waals surface area contributed by atoms with Gasteiger partial charge in [0.15, 0.2) is 5.65 Å². The summed E-state index contributed by atoms with van der Waals surface area (Å²) in [6.07, 6.45) is 12.9. The van der Waals surface area contributed by atoms with E-state index in [1.165, 1.54) is 0 Å². The lowest BCUT2D eigenvalue weighted by Crippen LogP contribution is -1.84. The summed E-state index contributed by atoms with van der Waals surface area (Å²) in [6.45, 7) is 0. The molecule has 0 spiro atoms. The van der Waals surface area contributed by atoms with Crippen LogP contribution in [0.15, 0.2) is 67.6 Å². The largest absolute Gasteiger partial charge is 0.352 e. The van der Waals surface area contributed by atoms with Crippen molar-refractivity contribution in [3.63, 3.8) is 0 Å². The van der Waals surface area contributed by atoms with E-state index < -0.39 is 0 Å². The van der Waals surface area contributed by atoms with Gasteiger partial charge in [0.2, 0.25) is 0 Å². The first-order valence-electron chi connectivity index (χ1n) is 9.47. The van der Waals surface area contributed by atoms with Crippen LogP contribution >= 0.6 is 0 Å². The van der Waals surface area contributed by atoms with Gasteiger partial charge in [0.05, 0.1) is 23.6 Å². The molecular weight excluding hydrogens is 376 g/mol. The zero-order valence-electron chi connectivity index (χ0n) is 16.0. The number of pyridine rings is 3. The molecule has 6 heterocycles. The van der Waals surface area contributed by atoms with Crippen LogP contribution in [0.4, 0.5) is 0 Å². The lowest BCUT2D eigenvalue weighted by Gasteiger charge is -2.01. The average Bonchev–Trinajstić information content (AvgIpc) is 3.50. The third-order valence-corrected chi connectivity index (χ3v) is 5.23. The molecule has 0 aliphatic carbocycles. The molecule has 6 aromatic heterocycles. The molecule has 0 amide bonds. The van der Waals surface area contributed by atoms with Gasteiger partial charge in [-0.3, -0.25) is 19.7 Å². The van der Waals surface area contributed by atoms with Crippen molar-refractivity contribution in [3.05, 3.63) is 67.6 Å². The van der Waals surface area contributed by atoms with Crippen LogP contribution in [0.3, 0.4) is 0 Å². The van der Waals surface area contributed by atoms with Gasteiger partial charge in [-0.2, -0.15) is 10.2 Å². The van der Waals surface area contributed by atoms with Crippen LogP contribution in [-0.4, -0.2) is 39.9 Å². The van der Waals surface area contributed by atoms with Crippen molar-refractivity contribution < 1.29 is 0 Å². The smallest absolute Gasteiger partial charge is 0.155 e. The zero-order valence-corrected chi connectivity index (χ0v) is 16.0. The van der Waals surface area contributed by atoms with Crippen molar-refractivity contribution in [3.8, 4) is 33.6 Å². The summed E-state index contributed by atoms with van der Waals surface area (Å²) < 4.78 is 1.78. The molecule has 30 heavy (non-hydrogen) atoms. The Bertz CT molecular complexity index is 1510. The molecule has 8 nitrogen and oxygen atoms in total. The fourth-order valence-corrected chi connectivity index (χ4v) is 3.77. The molecular formula is C22H16N8. The Kier molecular flexibility index (Phi) is 3.51. The van der Waals surface area contributed by atoms with Crippen molar-refractivity contribution in [1.29, 1.82) is 0 Å². The van der Waals surface area contributed by atoms with Crippen molar-refractivity contribution in [2.24, 2.45) is 7.05 Å². The highest BCUT2D eigenvalue weighted by Gasteiger charge is 2.15. The van der Waals surface area contributed by atoms with Crippen LogP contribution in [0, 0.1) is 0 Å². The minimum Gasteiger partial charge on any atom is -0.352 e. The quantitative estimate of drug-likeness (QED) is 0.475. The summed E-state index contributed by atoms with van der Waals surface area (Å²) in [5.74, 6) is 0. The predicted molar refractivity (Wildman–Crippen MR) is 114 cm³/mol. The number of H-pyrrole nitrogens is 2. The second-order valence-corrected chi connectivity index (χ2v) is 7.17. The molecule has 0 bridgehead atoms. The van der Waals surface area contributed by atoms with Crippen molar-refractivity contribution >= 4 is 21.9 Å². The fourth-order valence-electron chi connectivity index (χ4n) is 3.77. The van der Waals surface area contributed by atoms with E-state index in [1.54, 1.807) is 10.9 Å². The molecule has 0 saturated heterocycles. The van der Waals surface area contributed by atoms with Gasteiger partial charge in [-0.15, -0.1) is 0 Å². The molecule has 0 saturated carbocycles. The number of nitrogens with one attached hydrogen (secondary N) is 2. The number of aromatic amines is 2. The average molecular weight is 392 g/mol. The van der Waals surface area contributed by atoms with Gasteiger partial charge >= 0.3 is 0 Å². The molecule has 0 aliphatic rings. The van der Waals surface area contributed by atoms with Gasteiger partial charge in [0.1, 0.15) is 5.69 Å². The van der Waals surface area contributed by atoms with E-state index in [2.05, 4.69) is 47.4 Å². The maximum atomic E-state index is 4.54. The highest BCUT2D eigenvalue weighted by molar-refractivity contribution is 6.00. The number of fused-ring (bicyclic) bond motifs is 2. The maximum Gasteiger partial charge on any atom is 0.155 e. The summed E-state index contributed by atoms with van der Waals surface area (Å²) in [7, 11) is 1.90. The summed E-state index contributed by atoms with van der Waals surface area (Å²) in [5, 5.41) is 13.8. The van der Waals surface area contributed by atoms with Crippen molar-refractivity contribution in [2.75, 3.05) is 0 Å². The van der Waals surface area contributed by atoms with Crippen LogP contribution in [0.5, 0.6) is 0 Å². The summed E-state index contributed by atoms with van der Waals surface area (Å²) in [5.41, 5.74) is 7.45. The molecule has 0 unspecified atom stereocenters. The Balaban J connectivity index is 1.52. The Labute approximate surface area is 170 Å². The van der Waals surface area contributed by atoms with E-state index in [9.17, 15) is 0 Å². The molecule has 8 heteroatoms. The van der Waals surface area contributed by atoms with Gasteiger partial charge in [0.25, 0.3) is 0 Å². The SMILES string of the molecule is Cn1cc(-c2cnc3[nH]nc(-c4cc5c(-c6cccnc6)cncc5[nH]4)c3c2)cn1. The number of rotatable bonds is 3. The van der Waals surface area contributed by atoms with Crippen LogP contribution in [0.25, 0.3) is 55.6 Å². The first-order valence-corrected chi connectivity index (χ1v) is 9.47. The molecule has 6 rings (SSSR count). The normalized spacial score (nSPS) is 11.5. The van der Waals surface area contributed by atoms with E-state index in [4.69, 9.17) is 0 Å². The highest BCUT2D eigenvalue weighted by atomic mass is 15.2. The van der Waals surface area contributed by atoms with Gasteiger partial charge in [0, 0.05) is 71.1 Å². The van der Waals surface area contributed by atoms with Crippen LogP contribution in [0.2, 0.25) is 0 Å². The molecule has 2 N–H and O–H groups in total. The van der Waals surface area contributed by atoms with E-state index in [0.717, 1.165) is 55.6 Å². The lowest BCUT2D eigenvalue weighted by atomic mass is 10.1. The summed E-state index contributed by atoms with van der Waals surface area (Å²) in [4.78, 5) is 16.6. The van der Waals surface area contributed by atoms with Crippen LogP contribution in [-0.2, 0) is 7.05 Å². The van der Waals surface area contributed by atoms with E-state index in [0.29, 0.717) is 0 Å². The molecule has 0 fully saturated rings. The van der Waals surface area contributed by atoms with Crippen molar-refractivity contribution in [1.82, 2.24) is 39.9 Å². The number of hydrogen-bond donors (Lipinski definition) is 2. The Hall–Kier alpha value is -4.33. The molecule has 6 aromatic rings. The topological polar surface area (TPSA) is 101 Å². The maximum absolute atomic E-state index is 4.54. The summed E-state index contributed by atoms with van der Waals surface area (Å²) in [6, 6.07) is 8.15. The molecule has 0 atom stereocenters. The number of aromatic nitrogens is 8. The lowest BCUT2D eigenvalue weighted by molar-refractivity contribution is 0.768. The van der Waals surface area contributed by atoms with Crippen LogP contribution < -0.4 is 0 Å². The van der Waals surface area contributed by atoms with Crippen LogP contribution in [0.1, 0.15) is 0 Å². The van der Waals surface area contributed by atoms with Gasteiger partial charge in [-0.25, -0.2) is 4.98 Å². The fraction of sp³-hybridized carbons (Fsp3) is 0.0455. The Morgan fingerprint density at radius 3 is 2.70 bits per heavy atom. The third-order valence-electron chi connectivity index (χ3n) is 5.23. The molecule has 144 valence electrons.